The molecule has 92 valence electrons. The Labute approximate surface area is 113 Å². The van der Waals surface area contributed by atoms with Crippen molar-refractivity contribution in [3.8, 4) is 0 Å². The van der Waals surface area contributed by atoms with Crippen LogP contribution < -0.4 is 5.32 Å². The number of halogens is 1. The predicted octanol–water partition coefficient (Wildman–Crippen LogP) is 3.14. The summed E-state index contributed by atoms with van der Waals surface area (Å²) < 4.78 is 13.2. The zero-order valence-electron chi connectivity index (χ0n) is 9.62. The molecule has 0 amide bonds. The lowest BCUT2D eigenvalue weighted by atomic mass is 10.0. The average Bonchev–Trinajstić information content (AvgIpc) is 3.11. The second-order valence-electron chi connectivity index (χ2n) is 4.84. The summed E-state index contributed by atoms with van der Waals surface area (Å²) >= 11 is 3.55. The van der Waals surface area contributed by atoms with Crippen molar-refractivity contribution in [2.75, 3.05) is 5.75 Å². The van der Waals surface area contributed by atoms with Crippen molar-refractivity contribution in [1.82, 2.24) is 5.32 Å². The van der Waals surface area contributed by atoms with Crippen LogP contribution in [0.25, 0.3) is 0 Å². The smallest absolute Gasteiger partial charge is 0.0577 e. The van der Waals surface area contributed by atoms with Crippen LogP contribution in [0.3, 0.4) is 0 Å². The van der Waals surface area contributed by atoms with Gasteiger partial charge in [-0.15, -0.1) is 0 Å². The minimum absolute atomic E-state index is 0.390. The third kappa shape index (κ3) is 2.49. The third-order valence-corrected chi connectivity index (χ3v) is 5.93. The molecule has 17 heavy (non-hydrogen) atoms. The normalized spacial score (nSPS) is 28.5. The first kappa shape index (κ1) is 11.9. The Morgan fingerprint density at radius 1 is 1.29 bits per heavy atom. The molecule has 3 rings (SSSR count). The van der Waals surface area contributed by atoms with Gasteiger partial charge in [0.15, 0.2) is 0 Å². The van der Waals surface area contributed by atoms with Crippen molar-refractivity contribution >= 4 is 26.7 Å². The number of nitrogens with one attached hydrogen (secondary N) is 1. The average molecular weight is 314 g/mol. The van der Waals surface area contributed by atoms with E-state index in [-0.39, 0.29) is 0 Å². The van der Waals surface area contributed by atoms with E-state index in [0.29, 0.717) is 12.1 Å². The van der Waals surface area contributed by atoms with E-state index in [1.54, 1.807) is 0 Å². The van der Waals surface area contributed by atoms with Crippen molar-refractivity contribution in [3.05, 3.63) is 28.2 Å². The van der Waals surface area contributed by atoms with E-state index in [9.17, 15) is 4.21 Å². The summed E-state index contributed by atoms with van der Waals surface area (Å²) in [6.45, 7) is 0. The highest BCUT2D eigenvalue weighted by Crippen LogP contribution is 2.36. The molecule has 1 heterocycles. The summed E-state index contributed by atoms with van der Waals surface area (Å²) in [5.74, 6) is 0.790. The molecular weight excluding hydrogens is 298 g/mol. The van der Waals surface area contributed by atoms with E-state index >= 15 is 0 Å². The highest BCUT2D eigenvalue weighted by Gasteiger charge is 2.29. The molecular formula is C13H16BrNOS. The van der Waals surface area contributed by atoms with Gasteiger partial charge in [-0.1, -0.05) is 12.1 Å². The summed E-state index contributed by atoms with van der Waals surface area (Å²) in [4.78, 5) is 1.02. The fourth-order valence-electron chi connectivity index (χ4n) is 2.42. The molecule has 0 spiro atoms. The molecule has 2 aliphatic rings. The van der Waals surface area contributed by atoms with Crippen LogP contribution in [0.4, 0.5) is 0 Å². The molecule has 0 bridgehead atoms. The first-order valence-electron chi connectivity index (χ1n) is 6.18. The number of hydrogen-bond acceptors (Lipinski definition) is 2. The lowest BCUT2D eigenvalue weighted by molar-refractivity contribution is 0.490. The van der Waals surface area contributed by atoms with Crippen LogP contribution >= 0.6 is 15.9 Å². The Bertz CT molecular complexity index is 459. The van der Waals surface area contributed by atoms with Crippen molar-refractivity contribution < 1.29 is 4.21 Å². The van der Waals surface area contributed by atoms with Gasteiger partial charge >= 0.3 is 0 Å². The van der Waals surface area contributed by atoms with Gasteiger partial charge < -0.3 is 5.32 Å². The minimum Gasteiger partial charge on any atom is -0.307 e. The van der Waals surface area contributed by atoms with E-state index in [1.165, 1.54) is 18.4 Å². The SMILES string of the molecule is O=S1CCCC(NC2CC2)c2cccc(Br)c21. The maximum absolute atomic E-state index is 12.2. The first-order valence-corrected chi connectivity index (χ1v) is 8.30. The van der Waals surface area contributed by atoms with Crippen molar-refractivity contribution in [2.45, 2.75) is 42.7 Å². The van der Waals surface area contributed by atoms with Crippen LogP contribution in [0.5, 0.6) is 0 Å². The van der Waals surface area contributed by atoms with E-state index in [1.807, 2.05) is 12.1 Å². The topological polar surface area (TPSA) is 29.1 Å². The standard InChI is InChI=1S/C13H16BrNOS/c14-11-4-1-3-10-12(15-9-6-7-9)5-2-8-17(16)13(10)11/h1,3-4,9,12,15H,2,5-8H2. The lowest BCUT2D eigenvalue weighted by Gasteiger charge is -2.19. The predicted molar refractivity (Wildman–Crippen MR) is 73.6 cm³/mol. The summed E-state index contributed by atoms with van der Waals surface area (Å²) in [5.41, 5.74) is 1.24. The molecule has 2 nitrogen and oxygen atoms in total. The third-order valence-electron chi connectivity index (χ3n) is 3.44. The number of fused-ring (bicyclic) bond motifs is 1. The molecule has 1 aliphatic carbocycles. The van der Waals surface area contributed by atoms with Gasteiger partial charge in [-0.25, -0.2) is 0 Å². The molecule has 0 radical (unpaired) electrons. The van der Waals surface area contributed by atoms with Gasteiger partial charge in [0.05, 0.1) is 15.7 Å². The molecule has 1 aromatic rings. The van der Waals surface area contributed by atoms with Crippen LogP contribution in [0.15, 0.2) is 27.6 Å². The zero-order chi connectivity index (χ0) is 11.8. The van der Waals surface area contributed by atoms with Crippen LogP contribution in [0.1, 0.15) is 37.3 Å². The molecule has 2 unspecified atom stereocenters. The molecule has 1 saturated carbocycles. The molecule has 1 fully saturated rings. The Hall–Kier alpha value is -0.190. The van der Waals surface area contributed by atoms with Crippen molar-refractivity contribution in [1.29, 1.82) is 0 Å². The second kappa shape index (κ2) is 4.82. The van der Waals surface area contributed by atoms with Crippen molar-refractivity contribution in [2.24, 2.45) is 0 Å². The maximum atomic E-state index is 12.2. The fourth-order valence-corrected chi connectivity index (χ4v) is 4.74. The van der Waals surface area contributed by atoms with Gasteiger partial charge in [-0.3, -0.25) is 4.21 Å². The molecule has 0 aromatic heterocycles. The van der Waals surface area contributed by atoms with Crippen LogP contribution in [0.2, 0.25) is 0 Å². The molecule has 4 heteroatoms. The summed E-state index contributed by atoms with van der Waals surface area (Å²) in [6.07, 6.45) is 4.73. The second-order valence-corrected chi connectivity index (χ2v) is 7.21. The Morgan fingerprint density at radius 2 is 2.12 bits per heavy atom. The van der Waals surface area contributed by atoms with E-state index < -0.39 is 10.8 Å². The van der Waals surface area contributed by atoms with Gasteiger partial charge in [-0.2, -0.15) is 0 Å². The van der Waals surface area contributed by atoms with Crippen LogP contribution in [-0.4, -0.2) is 16.0 Å². The van der Waals surface area contributed by atoms with Gasteiger partial charge in [0.25, 0.3) is 0 Å². The highest BCUT2D eigenvalue weighted by atomic mass is 79.9. The first-order chi connectivity index (χ1) is 8.25. The van der Waals surface area contributed by atoms with Gasteiger partial charge in [0.1, 0.15) is 0 Å². The highest BCUT2D eigenvalue weighted by molar-refractivity contribution is 9.10. The fraction of sp³-hybridized carbons (Fsp3) is 0.538. The quantitative estimate of drug-likeness (QED) is 0.908. The molecule has 1 N–H and O–H groups in total. The lowest BCUT2D eigenvalue weighted by Crippen LogP contribution is -2.23. The molecule has 0 saturated heterocycles. The van der Waals surface area contributed by atoms with Crippen molar-refractivity contribution in [3.63, 3.8) is 0 Å². The number of benzene rings is 1. The summed E-state index contributed by atoms with van der Waals surface area (Å²) in [6, 6.07) is 7.26. The molecule has 1 aliphatic heterocycles. The monoisotopic (exact) mass is 313 g/mol. The van der Waals surface area contributed by atoms with Gasteiger partial charge in [-0.05, 0) is 53.2 Å². The Morgan fingerprint density at radius 3 is 2.88 bits per heavy atom. The van der Waals surface area contributed by atoms with Crippen LogP contribution in [0, 0.1) is 0 Å². The molecule has 1 aromatic carbocycles. The maximum Gasteiger partial charge on any atom is 0.0577 e. The van der Waals surface area contributed by atoms with Crippen LogP contribution in [-0.2, 0) is 10.8 Å². The minimum atomic E-state index is -0.846. The van der Waals surface area contributed by atoms with Gasteiger partial charge in [0, 0.05) is 22.3 Å². The Balaban J connectivity index is 2.00. The van der Waals surface area contributed by atoms with Gasteiger partial charge in [0.2, 0.25) is 0 Å². The zero-order valence-corrected chi connectivity index (χ0v) is 12.0. The largest absolute Gasteiger partial charge is 0.307 e. The number of rotatable bonds is 2. The summed E-state index contributed by atoms with van der Waals surface area (Å²) in [5, 5.41) is 3.68. The molecule has 2 atom stereocenters. The van der Waals surface area contributed by atoms with E-state index in [0.717, 1.165) is 28.0 Å². The summed E-state index contributed by atoms with van der Waals surface area (Å²) in [7, 11) is -0.846. The Kier molecular flexibility index (Phi) is 3.37. The number of hydrogen-bond donors (Lipinski definition) is 1. The van der Waals surface area contributed by atoms with E-state index in [4.69, 9.17) is 0 Å². The van der Waals surface area contributed by atoms with E-state index in [2.05, 4.69) is 27.3 Å².